The van der Waals surface area contributed by atoms with E-state index in [4.69, 9.17) is 10.2 Å². The summed E-state index contributed by atoms with van der Waals surface area (Å²) in [4.78, 5) is 10.6. The molecule has 3 nitrogen and oxygen atoms in total. The maximum atomic E-state index is 10.6. The minimum Gasteiger partial charge on any atom is -0.508 e. The third-order valence-electron chi connectivity index (χ3n) is 2.82. The molecule has 2 N–H and O–H groups in total. The Labute approximate surface area is 82.0 Å². The molecule has 74 valence electrons. The van der Waals surface area contributed by atoms with Gasteiger partial charge in [-0.3, -0.25) is 4.79 Å². The fraction of sp³-hybridized carbons (Fsp3) is 0.364. The fourth-order valence-electron chi connectivity index (χ4n) is 1.82. The topological polar surface area (TPSA) is 57.5 Å². The molecule has 0 aliphatic heterocycles. The Morgan fingerprint density at radius 1 is 1.29 bits per heavy atom. The summed E-state index contributed by atoms with van der Waals surface area (Å²) in [5, 5.41) is 17.9. The van der Waals surface area contributed by atoms with E-state index < -0.39 is 5.97 Å². The molecule has 0 amide bonds. The predicted octanol–water partition coefficient (Wildman–Crippen LogP) is 1.90. The molecular formula is C11H12O3. The van der Waals surface area contributed by atoms with Crippen LogP contribution < -0.4 is 0 Å². The van der Waals surface area contributed by atoms with Crippen molar-refractivity contribution >= 4 is 5.97 Å². The van der Waals surface area contributed by atoms with Gasteiger partial charge in [0.2, 0.25) is 0 Å². The van der Waals surface area contributed by atoms with Crippen LogP contribution >= 0.6 is 0 Å². The molecule has 0 bridgehead atoms. The van der Waals surface area contributed by atoms with Crippen molar-refractivity contribution in [1.29, 1.82) is 0 Å². The molecule has 1 saturated carbocycles. The SMILES string of the molecule is O=C(O)CC1(c2ccc(O)cc2)CC1. The van der Waals surface area contributed by atoms with Crippen molar-refractivity contribution in [2.24, 2.45) is 0 Å². The second-order valence-electron chi connectivity index (χ2n) is 3.90. The van der Waals surface area contributed by atoms with Gasteiger partial charge < -0.3 is 10.2 Å². The average molecular weight is 192 g/mol. The second kappa shape index (κ2) is 3.01. The Kier molecular flexibility index (Phi) is 1.95. The molecule has 0 radical (unpaired) electrons. The average Bonchev–Trinajstić information content (AvgIpc) is 2.85. The number of hydrogen-bond donors (Lipinski definition) is 2. The highest BCUT2D eigenvalue weighted by Crippen LogP contribution is 2.51. The van der Waals surface area contributed by atoms with Crippen LogP contribution in [0, 0.1) is 0 Å². The first-order valence-corrected chi connectivity index (χ1v) is 4.64. The molecule has 1 aliphatic rings. The van der Waals surface area contributed by atoms with Crippen molar-refractivity contribution in [1.82, 2.24) is 0 Å². The smallest absolute Gasteiger partial charge is 0.304 e. The number of carboxylic acid groups (broad SMARTS) is 1. The van der Waals surface area contributed by atoms with Gasteiger partial charge in [0.05, 0.1) is 6.42 Å². The van der Waals surface area contributed by atoms with Gasteiger partial charge in [-0.25, -0.2) is 0 Å². The van der Waals surface area contributed by atoms with E-state index in [9.17, 15) is 4.79 Å². The number of aromatic hydroxyl groups is 1. The van der Waals surface area contributed by atoms with Crippen molar-refractivity contribution in [2.75, 3.05) is 0 Å². The van der Waals surface area contributed by atoms with Crippen LogP contribution in [0.3, 0.4) is 0 Å². The summed E-state index contributed by atoms with van der Waals surface area (Å²) >= 11 is 0. The lowest BCUT2D eigenvalue weighted by atomic mass is 9.92. The lowest BCUT2D eigenvalue weighted by Crippen LogP contribution is -2.12. The number of rotatable bonds is 3. The van der Waals surface area contributed by atoms with E-state index in [1.54, 1.807) is 12.1 Å². The highest BCUT2D eigenvalue weighted by molar-refractivity contribution is 5.70. The van der Waals surface area contributed by atoms with Crippen LogP contribution in [0.2, 0.25) is 0 Å². The maximum Gasteiger partial charge on any atom is 0.304 e. The van der Waals surface area contributed by atoms with Crippen molar-refractivity contribution in [3.05, 3.63) is 29.8 Å². The van der Waals surface area contributed by atoms with E-state index >= 15 is 0 Å². The second-order valence-corrected chi connectivity index (χ2v) is 3.90. The van der Waals surface area contributed by atoms with Crippen LogP contribution in [0.25, 0.3) is 0 Å². The molecule has 1 fully saturated rings. The minimum absolute atomic E-state index is 0.153. The first-order chi connectivity index (χ1) is 6.62. The van der Waals surface area contributed by atoms with Gasteiger partial charge >= 0.3 is 5.97 Å². The summed E-state index contributed by atoms with van der Waals surface area (Å²) in [5.41, 5.74) is 0.872. The predicted molar refractivity (Wildman–Crippen MR) is 51.3 cm³/mol. The van der Waals surface area contributed by atoms with Gasteiger partial charge in [-0.05, 0) is 30.5 Å². The Hall–Kier alpha value is -1.51. The Balaban J connectivity index is 2.22. The molecule has 1 aromatic carbocycles. The molecule has 0 aromatic heterocycles. The molecule has 0 saturated heterocycles. The van der Waals surface area contributed by atoms with E-state index in [2.05, 4.69) is 0 Å². The lowest BCUT2D eigenvalue weighted by Gasteiger charge is -2.12. The molecule has 0 unspecified atom stereocenters. The van der Waals surface area contributed by atoms with Crippen molar-refractivity contribution < 1.29 is 15.0 Å². The number of carboxylic acids is 1. The zero-order valence-corrected chi connectivity index (χ0v) is 7.73. The molecule has 2 rings (SSSR count). The van der Waals surface area contributed by atoms with Gasteiger partial charge in [-0.2, -0.15) is 0 Å². The molecule has 3 heteroatoms. The maximum absolute atomic E-state index is 10.6. The largest absolute Gasteiger partial charge is 0.508 e. The first kappa shape index (κ1) is 9.06. The van der Waals surface area contributed by atoms with Gasteiger partial charge in [0.25, 0.3) is 0 Å². The molecule has 0 heterocycles. The van der Waals surface area contributed by atoms with Gasteiger partial charge in [-0.1, -0.05) is 12.1 Å². The molecule has 0 atom stereocenters. The number of hydrogen-bond acceptors (Lipinski definition) is 2. The summed E-state index contributed by atoms with van der Waals surface area (Å²) in [7, 11) is 0. The van der Waals surface area contributed by atoms with Gasteiger partial charge in [0.15, 0.2) is 0 Å². The highest BCUT2D eigenvalue weighted by Gasteiger charge is 2.45. The Bertz CT molecular complexity index is 349. The summed E-state index contributed by atoms with van der Waals surface area (Å²) < 4.78 is 0. The number of carbonyl (C=O) groups is 1. The van der Waals surface area contributed by atoms with Crippen LogP contribution in [0.4, 0.5) is 0 Å². The zero-order chi connectivity index (χ0) is 10.2. The van der Waals surface area contributed by atoms with Crippen LogP contribution in [0.5, 0.6) is 5.75 Å². The summed E-state index contributed by atoms with van der Waals surface area (Å²) in [6.07, 6.45) is 2.06. The van der Waals surface area contributed by atoms with Gasteiger partial charge in [-0.15, -0.1) is 0 Å². The van der Waals surface area contributed by atoms with Crippen LogP contribution in [-0.2, 0) is 10.2 Å². The molecular weight excluding hydrogens is 180 g/mol. The van der Waals surface area contributed by atoms with Crippen LogP contribution in [0.1, 0.15) is 24.8 Å². The van der Waals surface area contributed by atoms with E-state index in [0.29, 0.717) is 0 Å². The van der Waals surface area contributed by atoms with Gasteiger partial charge in [0.1, 0.15) is 5.75 Å². The summed E-state index contributed by atoms with van der Waals surface area (Å²) in [6.45, 7) is 0. The number of phenols is 1. The minimum atomic E-state index is -0.754. The Morgan fingerprint density at radius 2 is 1.86 bits per heavy atom. The third kappa shape index (κ3) is 1.58. The zero-order valence-electron chi connectivity index (χ0n) is 7.73. The molecule has 14 heavy (non-hydrogen) atoms. The Morgan fingerprint density at radius 3 is 2.29 bits per heavy atom. The molecule has 0 spiro atoms. The van der Waals surface area contributed by atoms with E-state index in [1.807, 2.05) is 12.1 Å². The van der Waals surface area contributed by atoms with E-state index in [1.165, 1.54) is 0 Å². The number of benzene rings is 1. The fourth-order valence-corrected chi connectivity index (χ4v) is 1.82. The summed E-state index contributed by atoms with van der Waals surface area (Å²) in [6, 6.07) is 6.84. The lowest BCUT2D eigenvalue weighted by molar-refractivity contribution is -0.137. The quantitative estimate of drug-likeness (QED) is 0.769. The van der Waals surface area contributed by atoms with Gasteiger partial charge in [0, 0.05) is 5.41 Å². The normalized spacial score (nSPS) is 17.7. The monoisotopic (exact) mass is 192 g/mol. The molecule has 1 aromatic rings. The number of aliphatic carboxylic acids is 1. The standard InChI is InChI=1S/C11H12O3/c12-9-3-1-8(2-4-9)11(5-6-11)7-10(13)14/h1-4,12H,5-7H2,(H,13,14). The van der Waals surface area contributed by atoms with E-state index in [-0.39, 0.29) is 17.6 Å². The summed E-state index contributed by atoms with van der Waals surface area (Å²) in [5.74, 6) is -0.532. The van der Waals surface area contributed by atoms with Crippen molar-refractivity contribution in [3.8, 4) is 5.75 Å². The molecule has 1 aliphatic carbocycles. The number of phenolic OH excluding ortho intramolecular Hbond substituents is 1. The van der Waals surface area contributed by atoms with Crippen LogP contribution in [0.15, 0.2) is 24.3 Å². The van der Waals surface area contributed by atoms with Crippen molar-refractivity contribution in [2.45, 2.75) is 24.7 Å². The highest BCUT2D eigenvalue weighted by atomic mass is 16.4. The van der Waals surface area contributed by atoms with Crippen LogP contribution in [-0.4, -0.2) is 16.2 Å². The first-order valence-electron chi connectivity index (χ1n) is 4.64. The third-order valence-corrected chi connectivity index (χ3v) is 2.82. The van der Waals surface area contributed by atoms with E-state index in [0.717, 1.165) is 18.4 Å². The van der Waals surface area contributed by atoms with Crippen molar-refractivity contribution in [3.63, 3.8) is 0 Å².